The maximum Gasteiger partial charge on any atom is 1.00 e. The largest absolute Gasteiger partial charge is 1.00 e. The van der Waals surface area contributed by atoms with Crippen LogP contribution in [0.25, 0.3) is 0 Å². The Labute approximate surface area is 165 Å². The van der Waals surface area contributed by atoms with Crippen molar-refractivity contribution < 1.29 is 121 Å². The van der Waals surface area contributed by atoms with Crippen LogP contribution in [-0.2, 0) is 12.8 Å². The van der Waals surface area contributed by atoms with E-state index in [-0.39, 0.29) is 103 Å². The minimum atomic E-state index is -4.37. The predicted octanol–water partition coefficient (Wildman–Crippen LogP) is -4.63. The van der Waals surface area contributed by atoms with Gasteiger partial charge in [-0.25, -0.2) is 0 Å². The number of rotatable bonds is 1. The summed E-state index contributed by atoms with van der Waals surface area (Å²) in [7, 11) is 0. The quantitative estimate of drug-likeness (QED) is 0.364. The summed E-state index contributed by atoms with van der Waals surface area (Å²) in [5.41, 5.74) is -0.539. The Balaban J connectivity index is 0. The molecule has 0 spiro atoms. The van der Waals surface area contributed by atoms with Crippen molar-refractivity contribution in [1.29, 1.82) is 0 Å². The average Bonchev–Trinajstić information content (AvgIpc) is 2.03. The molecule has 1 aromatic carbocycles. The van der Waals surface area contributed by atoms with Crippen molar-refractivity contribution in [3.8, 4) is 0 Å². The van der Waals surface area contributed by atoms with Crippen molar-refractivity contribution in [2.24, 2.45) is 0 Å². The Hall–Kier alpha value is 2.24. The van der Waals surface area contributed by atoms with Gasteiger partial charge in [0.25, 0.3) is 0 Å². The van der Waals surface area contributed by atoms with E-state index in [1.165, 1.54) is 0 Å². The molecule has 0 amide bonds. The van der Waals surface area contributed by atoms with Crippen molar-refractivity contribution in [1.82, 2.24) is 0 Å². The van der Waals surface area contributed by atoms with Gasteiger partial charge in [0.2, 0.25) is 0 Å². The van der Waals surface area contributed by atoms with Gasteiger partial charge in [-0.2, -0.15) is 49.6 Å². The average molecular weight is 252 g/mol. The van der Waals surface area contributed by atoms with E-state index < -0.39 is 18.3 Å². The fourth-order valence-corrected chi connectivity index (χ4v) is 0.723. The van der Waals surface area contributed by atoms with E-state index in [1.54, 1.807) is 0 Å². The van der Waals surface area contributed by atoms with Crippen molar-refractivity contribution in [3.63, 3.8) is 0 Å². The van der Waals surface area contributed by atoms with Crippen molar-refractivity contribution in [3.05, 3.63) is 35.4 Å². The van der Waals surface area contributed by atoms with Crippen LogP contribution in [0, 0.1) is 6.07 Å². The molecule has 0 saturated carbocycles. The topological polar surface area (TPSA) is 23.1 Å². The van der Waals surface area contributed by atoms with Crippen molar-refractivity contribution >= 4 is 0 Å². The normalized spacial score (nSPS) is 10.0. The second-order valence-electron chi connectivity index (χ2n) is 2.25. The van der Waals surface area contributed by atoms with Crippen LogP contribution in [0.5, 0.6) is 0 Å². The van der Waals surface area contributed by atoms with Gasteiger partial charge in [-0.15, -0.1) is 0 Å². The monoisotopic (exact) mass is 252 g/mol. The zero-order valence-corrected chi connectivity index (χ0v) is 14.2. The summed E-state index contributed by atoms with van der Waals surface area (Å²) in [5.74, 6) is 0. The van der Waals surface area contributed by atoms with E-state index in [4.69, 9.17) is 0 Å². The predicted molar refractivity (Wildman–Crippen MR) is 34.0 cm³/mol. The van der Waals surface area contributed by atoms with Crippen LogP contribution in [0.1, 0.15) is 11.1 Å². The van der Waals surface area contributed by atoms with Gasteiger partial charge in [0, 0.05) is 0 Å². The third kappa shape index (κ3) is 6.10. The smallest absolute Gasteiger partial charge is 0.860 e. The second kappa shape index (κ2) is 8.35. The molecule has 1 aromatic rings. The van der Waals surface area contributed by atoms with Crippen LogP contribution in [0.15, 0.2) is 18.2 Å². The molecule has 0 fully saturated rings. The van der Waals surface area contributed by atoms with Gasteiger partial charge in [-0.05, 0) is 0 Å². The van der Waals surface area contributed by atoms with Crippen LogP contribution in [0.2, 0.25) is 0 Å². The third-order valence-corrected chi connectivity index (χ3v) is 1.35. The Bertz CT molecular complexity index is 258. The summed E-state index contributed by atoms with van der Waals surface area (Å²) in [6, 6.07) is 5.08. The molecule has 1 nitrogen and oxygen atoms in total. The molecule has 0 atom stereocenters. The van der Waals surface area contributed by atoms with E-state index in [1.807, 2.05) is 6.07 Å². The van der Waals surface area contributed by atoms with E-state index >= 15 is 0 Å². The zero-order chi connectivity index (χ0) is 9.19. The minimum Gasteiger partial charge on any atom is -0.860 e. The molecule has 0 aliphatic heterocycles. The first kappa shape index (κ1) is 18.6. The standard InChI is InChI=1S/C8H5F3O.2K/c9-8(10,11)7-3-1-6(5-12)2-4-7;;/h1-3H,5H2;;/q-2;2*+1. The number of alkyl halides is 3. The molecule has 0 radical (unpaired) electrons. The Morgan fingerprint density at radius 3 is 2.07 bits per heavy atom. The summed E-state index contributed by atoms with van der Waals surface area (Å²) < 4.78 is 35.7. The van der Waals surface area contributed by atoms with Gasteiger partial charge in [0.15, 0.2) is 0 Å². The van der Waals surface area contributed by atoms with Crippen LogP contribution < -0.4 is 108 Å². The van der Waals surface area contributed by atoms with Gasteiger partial charge < -0.3 is 5.11 Å². The van der Waals surface area contributed by atoms with Gasteiger partial charge in [-0.3, -0.25) is 0 Å². The third-order valence-electron chi connectivity index (χ3n) is 1.35. The fourth-order valence-electron chi connectivity index (χ4n) is 0.723. The zero-order valence-electron chi connectivity index (χ0n) is 7.98. The molecule has 66 valence electrons. The fraction of sp³-hybridized carbons (Fsp3) is 0.250. The van der Waals surface area contributed by atoms with Crippen LogP contribution in [0.3, 0.4) is 0 Å². The van der Waals surface area contributed by atoms with Crippen LogP contribution in [-0.4, -0.2) is 0 Å². The molecule has 6 heteroatoms. The van der Waals surface area contributed by atoms with E-state index in [0.717, 1.165) is 18.2 Å². The number of hydrogen-bond donors (Lipinski definition) is 0. The molecule has 0 heterocycles. The SMILES string of the molecule is [K+].[K+].[O-]Cc1c[c-]c(C(F)(F)F)cc1. The second-order valence-corrected chi connectivity index (χ2v) is 2.25. The molecule has 0 unspecified atom stereocenters. The summed E-state index contributed by atoms with van der Waals surface area (Å²) >= 11 is 0. The molecule has 0 aliphatic rings. The first-order valence-electron chi connectivity index (χ1n) is 3.20. The first-order valence-corrected chi connectivity index (χ1v) is 3.20. The Kier molecular flexibility index (Phi) is 11.1. The molecule has 1 rings (SSSR count). The summed E-state index contributed by atoms with van der Waals surface area (Å²) in [5, 5.41) is 10.2. The molecule has 0 aliphatic carbocycles. The summed E-state index contributed by atoms with van der Waals surface area (Å²) in [6.07, 6.45) is -4.37. The molecule has 0 saturated heterocycles. The summed E-state index contributed by atoms with van der Waals surface area (Å²) in [6.45, 7) is -0.519. The van der Waals surface area contributed by atoms with Crippen molar-refractivity contribution in [2.45, 2.75) is 12.8 Å². The molecule has 0 aromatic heterocycles. The molecular formula is C8H5F3K2O. The number of hydrogen-bond acceptors (Lipinski definition) is 1. The molecule has 14 heavy (non-hydrogen) atoms. The van der Waals surface area contributed by atoms with E-state index in [2.05, 4.69) is 0 Å². The molecular weight excluding hydrogens is 247 g/mol. The van der Waals surface area contributed by atoms with E-state index in [0.29, 0.717) is 5.56 Å². The molecule has 0 bridgehead atoms. The minimum absolute atomic E-state index is 0. The van der Waals surface area contributed by atoms with Crippen LogP contribution in [0.4, 0.5) is 13.2 Å². The number of benzene rings is 1. The maximum absolute atomic E-state index is 11.9. The Morgan fingerprint density at radius 2 is 1.79 bits per heavy atom. The Morgan fingerprint density at radius 1 is 1.21 bits per heavy atom. The molecule has 0 N–H and O–H groups in total. The maximum atomic E-state index is 11.9. The van der Waals surface area contributed by atoms with Gasteiger partial charge in [0.1, 0.15) is 0 Å². The van der Waals surface area contributed by atoms with Crippen molar-refractivity contribution in [2.75, 3.05) is 0 Å². The summed E-state index contributed by atoms with van der Waals surface area (Å²) in [4.78, 5) is 0. The number of halogens is 3. The van der Waals surface area contributed by atoms with Gasteiger partial charge >= 0.3 is 109 Å². The van der Waals surface area contributed by atoms with Gasteiger partial charge in [-0.1, -0.05) is 5.56 Å². The van der Waals surface area contributed by atoms with E-state index in [9.17, 15) is 18.3 Å². The van der Waals surface area contributed by atoms with Gasteiger partial charge in [0.05, 0.1) is 0 Å². The van der Waals surface area contributed by atoms with Crippen LogP contribution >= 0.6 is 0 Å². The first-order chi connectivity index (χ1) is 5.54.